The third-order valence-corrected chi connectivity index (χ3v) is 7.94. The number of nitrogens with zero attached hydrogens (tertiary/aromatic N) is 4. The number of nitrogens with one attached hydrogen (secondary N) is 1. The summed E-state index contributed by atoms with van der Waals surface area (Å²) < 4.78 is 10.3. The Kier molecular flexibility index (Phi) is 7.51. The number of carbonyl (C=O) groups is 2. The minimum absolute atomic E-state index is 0.362. The predicted octanol–water partition coefficient (Wildman–Crippen LogP) is 4.67. The zero-order valence-corrected chi connectivity index (χ0v) is 22.9. The highest BCUT2D eigenvalue weighted by atomic mass is 16.5. The van der Waals surface area contributed by atoms with Gasteiger partial charge in [0.25, 0.3) is 11.8 Å². The van der Waals surface area contributed by atoms with E-state index < -0.39 is 0 Å². The average Bonchev–Trinajstić information content (AvgIpc) is 3.75. The molecule has 1 saturated heterocycles. The van der Waals surface area contributed by atoms with Crippen molar-refractivity contribution in [2.24, 2.45) is 0 Å². The van der Waals surface area contributed by atoms with E-state index in [0.29, 0.717) is 23.3 Å². The van der Waals surface area contributed by atoms with Crippen molar-refractivity contribution in [2.45, 2.75) is 45.7 Å². The molecule has 0 unspecified atom stereocenters. The van der Waals surface area contributed by atoms with Gasteiger partial charge in [0.1, 0.15) is 5.75 Å². The Morgan fingerprint density at radius 2 is 1.62 bits per heavy atom. The zero-order chi connectivity index (χ0) is 27.5. The van der Waals surface area contributed by atoms with Crippen molar-refractivity contribution >= 4 is 33.9 Å². The van der Waals surface area contributed by atoms with E-state index in [9.17, 15) is 9.59 Å². The number of fused-ring (bicyclic) bond motifs is 1. The van der Waals surface area contributed by atoms with E-state index in [1.165, 1.54) is 25.9 Å². The molecule has 1 fully saturated rings. The third-order valence-electron chi connectivity index (χ3n) is 7.94. The van der Waals surface area contributed by atoms with Crippen LogP contribution >= 0.6 is 0 Å². The summed E-state index contributed by atoms with van der Waals surface area (Å²) in [5, 5.41) is 3.49. The maximum Gasteiger partial charge on any atom is 0.259 e. The van der Waals surface area contributed by atoms with Crippen LogP contribution in [-0.2, 0) is 22.7 Å². The van der Waals surface area contributed by atoms with Gasteiger partial charge in [-0.15, -0.1) is 0 Å². The zero-order valence-electron chi connectivity index (χ0n) is 22.9. The Bertz CT molecular complexity index is 1560. The van der Waals surface area contributed by atoms with Gasteiger partial charge in [0.05, 0.1) is 24.1 Å². The van der Waals surface area contributed by atoms with Crippen molar-refractivity contribution in [3.8, 4) is 5.75 Å². The fraction of sp³-hybridized carbons (Fsp3) is 0.344. The quantitative estimate of drug-likeness (QED) is 0.222. The van der Waals surface area contributed by atoms with E-state index in [4.69, 9.17) is 4.74 Å². The summed E-state index contributed by atoms with van der Waals surface area (Å²) in [5.74, 6) is 0.0349. The van der Waals surface area contributed by atoms with Crippen LogP contribution in [0.1, 0.15) is 42.5 Å². The highest BCUT2D eigenvalue weighted by molar-refractivity contribution is 6.50. The number of imide groups is 1. The SMILES string of the molecule is Cc1cncn1CCCn1cc(C2=C(c3ccc(OCCCN4CCCC4)cc3)C(=O)NC2=O)c2ccccc21. The van der Waals surface area contributed by atoms with Gasteiger partial charge in [-0.3, -0.25) is 14.9 Å². The molecule has 2 aromatic heterocycles. The Labute approximate surface area is 234 Å². The minimum Gasteiger partial charge on any atom is -0.494 e. The van der Waals surface area contributed by atoms with Crippen LogP contribution < -0.4 is 10.1 Å². The highest BCUT2D eigenvalue weighted by Crippen LogP contribution is 2.36. The molecule has 2 aromatic carbocycles. The Morgan fingerprint density at radius 3 is 2.40 bits per heavy atom. The monoisotopic (exact) mass is 537 g/mol. The standard InChI is InChI=1S/C32H35N5O3/c1-23-20-33-22-37(23)18-6-17-36-21-27(26-8-2-3-9-28(26)36)30-29(31(38)34-32(30)39)24-10-12-25(13-11-24)40-19-7-16-35-14-4-5-15-35/h2-3,8-13,20-22H,4-7,14-19H2,1H3,(H,34,38,39). The number of carbonyl (C=O) groups excluding carboxylic acids is 2. The van der Waals surface area contributed by atoms with Crippen LogP contribution in [0.4, 0.5) is 0 Å². The Balaban J connectivity index is 1.23. The minimum atomic E-state index is -0.369. The van der Waals surface area contributed by atoms with Crippen LogP contribution in [0, 0.1) is 6.92 Å². The normalized spacial score (nSPS) is 15.9. The first-order valence-corrected chi connectivity index (χ1v) is 14.2. The van der Waals surface area contributed by atoms with Gasteiger partial charge in [-0.25, -0.2) is 4.98 Å². The van der Waals surface area contributed by atoms with Crippen LogP contribution in [0.25, 0.3) is 22.0 Å². The Hall–Kier alpha value is -4.17. The van der Waals surface area contributed by atoms with Gasteiger partial charge in [-0.05, 0) is 69.5 Å². The van der Waals surface area contributed by atoms with Crippen LogP contribution in [-0.4, -0.2) is 57.1 Å². The first kappa shape index (κ1) is 26.1. The number of hydrogen-bond donors (Lipinski definition) is 1. The van der Waals surface area contributed by atoms with Crippen molar-refractivity contribution in [2.75, 3.05) is 26.2 Å². The molecule has 2 aliphatic heterocycles. The summed E-state index contributed by atoms with van der Waals surface area (Å²) in [6, 6.07) is 15.6. The molecule has 8 heteroatoms. The lowest BCUT2D eigenvalue weighted by molar-refractivity contribution is -0.122. The van der Waals surface area contributed by atoms with E-state index >= 15 is 0 Å². The van der Waals surface area contributed by atoms with Gasteiger partial charge in [0.15, 0.2) is 0 Å². The number of ether oxygens (including phenoxy) is 1. The van der Waals surface area contributed by atoms with E-state index in [0.717, 1.165) is 60.4 Å². The second kappa shape index (κ2) is 11.5. The molecule has 40 heavy (non-hydrogen) atoms. The summed E-state index contributed by atoms with van der Waals surface area (Å²) in [7, 11) is 0. The lowest BCUT2D eigenvalue weighted by Crippen LogP contribution is -2.22. The fourth-order valence-corrected chi connectivity index (χ4v) is 5.85. The van der Waals surface area contributed by atoms with E-state index in [-0.39, 0.29) is 11.8 Å². The first-order valence-electron chi connectivity index (χ1n) is 14.2. The molecule has 8 nitrogen and oxygen atoms in total. The maximum absolute atomic E-state index is 13.1. The number of hydrogen-bond acceptors (Lipinski definition) is 5. The molecule has 0 spiro atoms. The molecular formula is C32H35N5O3. The van der Waals surface area contributed by atoms with Gasteiger partial charge in [-0.2, -0.15) is 0 Å². The van der Waals surface area contributed by atoms with Crippen LogP contribution in [0.2, 0.25) is 0 Å². The van der Waals surface area contributed by atoms with Crippen molar-refractivity contribution in [1.29, 1.82) is 0 Å². The van der Waals surface area contributed by atoms with E-state index in [1.807, 2.05) is 68.1 Å². The lowest BCUT2D eigenvalue weighted by atomic mass is 9.96. The summed E-state index contributed by atoms with van der Waals surface area (Å²) in [6.45, 7) is 7.78. The number of amides is 2. The number of benzene rings is 2. The van der Waals surface area contributed by atoms with Gasteiger partial charge >= 0.3 is 0 Å². The number of aromatic nitrogens is 3. The molecule has 2 amide bonds. The van der Waals surface area contributed by atoms with Crippen molar-refractivity contribution in [3.05, 3.63) is 84.1 Å². The molecule has 4 aromatic rings. The van der Waals surface area contributed by atoms with Crippen molar-refractivity contribution < 1.29 is 14.3 Å². The average molecular weight is 538 g/mol. The molecule has 4 heterocycles. The molecule has 0 saturated carbocycles. The third kappa shape index (κ3) is 5.31. The summed E-state index contributed by atoms with van der Waals surface area (Å²) in [4.78, 5) is 32.9. The van der Waals surface area contributed by atoms with E-state index in [1.54, 1.807) is 0 Å². The van der Waals surface area contributed by atoms with Gasteiger partial charge in [0.2, 0.25) is 0 Å². The van der Waals surface area contributed by atoms with Crippen LogP contribution in [0.5, 0.6) is 5.75 Å². The maximum atomic E-state index is 13.1. The molecule has 0 bridgehead atoms. The van der Waals surface area contributed by atoms with Crippen molar-refractivity contribution in [3.63, 3.8) is 0 Å². The summed E-state index contributed by atoms with van der Waals surface area (Å²) >= 11 is 0. The topological polar surface area (TPSA) is 81.4 Å². The lowest BCUT2D eigenvalue weighted by Gasteiger charge is -2.14. The number of aryl methyl sites for hydroxylation is 3. The second-order valence-corrected chi connectivity index (χ2v) is 10.6. The van der Waals surface area contributed by atoms with Gasteiger partial charge < -0.3 is 18.8 Å². The Morgan fingerprint density at radius 1 is 0.875 bits per heavy atom. The molecule has 2 aliphatic rings. The number of imidazole rings is 1. The summed E-state index contributed by atoms with van der Waals surface area (Å²) in [5.41, 5.74) is 4.47. The fourth-order valence-electron chi connectivity index (χ4n) is 5.85. The molecule has 1 N–H and O–H groups in total. The highest BCUT2D eigenvalue weighted by Gasteiger charge is 2.33. The predicted molar refractivity (Wildman–Crippen MR) is 156 cm³/mol. The van der Waals surface area contributed by atoms with Gasteiger partial charge in [-0.1, -0.05) is 30.3 Å². The largest absolute Gasteiger partial charge is 0.494 e. The van der Waals surface area contributed by atoms with Crippen molar-refractivity contribution in [1.82, 2.24) is 24.3 Å². The second-order valence-electron chi connectivity index (χ2n) is 10.6. The van der Waals surface area contributed by atoms with E-state index in [2.05, 4.69) is 30.4 Å². The van der Waals surface area contributed by atoms with Gasteiger partial charge in [0, 0.05) is 54.2 Å². The molecule has 206 valence electrons. The molecule has 0 radical (unpaired) electrons. The number of likely N-dealkylation sites (tertiary alicyclic amines) is 1. The first-order chi connectivity index (χ1) is 19.6. The smallest absolute Gasteiger partial charge is 0.259 e. The molecule has 6 rings (SSSR count). The number of rotatable bonds is 11. The molecule has 0 atom stereocenters. The molecular weight excluding hydrogens is 502 g/mol. The van der Waals surface area contributed by atoms with Crippen LogP contribution in [0.3, 0.4) is 0 Å². The van der Waals surface area contributed by atoms with Crippen LogP contribution in [0.15, 0.2) is 67.3 Å². The number of para-hydroxylation sites is 1. The summed E-state index contributed by atoms with van der Waals surface area (Å²) in [6.07, 6.45) is 10.2. The molecule has 0 aliphatic carbocycles.